The number of nitrogens with two attached hydrogens (primary N) is 1. The van der Waals surface area contributed by atoms with Gasteiger partial charge in [-0.2, -0.15) is 0 Å². The average Bonchev–Trinajstić information content (AvgIpc) is 2.96. The summed E-state index contributed by atoms with van der Waals surface area (Å²) in [6.45, 7) is 4.54. The molecule has 3 aromatic rings. The Morgan fingerprint density at radius 2 is 2.21 bits per heavy atom. The molecule has 0 aliphatic heterocycles. The molecule has 0 spiro atoms. The lowest BCUT2D eigenvalue weighted by atomic mass is 10.3. The molecule has 0 bridgehead atoms. The van der Waals surface area contributed by atoms with Crippen molar-refractivity contribution in [2.45, 2.75) is 26.4 Å². The highest BCUT2D eigenvalue weighted by Crippen LogP contribution is 2.11. The van der Waals surface area contributed by atoms with Gasteiger partial charge in [0.2, 0.25) is 0 Å². The minimum atomic E-state index is -0.0999. The summed E-state index contributed by atoms with van der Waals surface area (Å²) in [6.07, 6.45) is 5.87. The number of hydrogen-bond acceptors (Lipinski definition) is 4. The predicted octanol–water partition coefficient (Wildman–Crippen LogP) is 1.30. The highest BCUT2D eigenvalue weighted by molar-refractivity contribution is 5.47. The second-order valence-electron chi connectivity index (χ2n) is 4.78. The minimum Gasteiger partial charge on any atom is -0.323 e. The Bertz CT molecular complexity index is 709. The summed E-state index contributed by atoms with van der Waals surface area (Å²) in [5, 5.41) is 8.10. The van der Waals surface area contributed by atoms with Crippen molar-refractivity contribution in [3.63, 3.8) is 0 Å². The van der Waals surface area contributed by atoms with E-state index in [1.54, 1.807) is 4.68 Å². The van der Waals surface area contributed by atoms with Crippen LogP contribution in [-0.2, 0) is 6.54 Å². The molecular weight excluding hydrogens is 240 g/mol. The van der Waals surface area contributed by atoms with Crippen LogP contribution in [0.4, 0.5) is 0 Å². The standard InChI is InChI=1S/C13H16N6/c1-9-4-3-5-18-6-11(15-13(9)18)7-19-8-12(10(2)14)16-17-19/h3-6,8,10H,7,14H2,1-2H3. The number of hydrogen-bond donors (Lipinski definition) is 1. The third-order valence-corrected chi connectivity index (χ3v) is 3.07. The van der Waals surface area contributed by atoms with Crippen molar-refractivity contribution in [3.8, 4) is 0 Å². The maximum atomic E-state index is 5.77. The van der Waals surface area contributed by atoms with Gasteiger partial charge in [0, 0.05) is 18.4 Å². The molecule has 0 radical (unpaired) electrons. The quantitative estimate of drug-likeness (QED) is 0.766. The highest BCUT2D eigenvalue weighted by Gasteiger charge is 2.08. The van der Waals surface area contributed by atoms with Gasteiger partial charge in [-0.15, -0.1) is 5.10 Å². The first-order chi connectivity index (χ1) is 9.13. The minimum absolute atomic E-state index is 0.0999. The smallest absolute Gasteiger partial charge is 0.140 e. The summed E-state index contributed by atoms with van der Waals surface area (Å²) in [6, 6.07) is 3.96. The molecule has 0 aliphatic rings. The van der Waals surface area contributed by atoms with Crippen LogP contribution in [0.3, 0.4) is 0 Å². The van der Waals surface area contributed by atoms with Crippen LogP contribution >= 0.6 is 0 Å². The SMILES string of the molecule is Cc1cccn2cc(Cn3cc(C(C)N)nn3)nc12. The maximum Gasteiger partial charge on any atom is 0.140 e. The molecule has 6 heteroatoms. The lowest BCUT2D eigenvalue weighted by Gasteiger charge is -1.96. The molecule has 3 rings (SSSR count). The molecule has 0 amide bonds. The zero-order chi connectivity index (χ0) is 13.4. The van der Waals surface area contributed by atoms with E-state index < -0.39 is 0 Å². The van der Waals surface area contributed by atoms with Crippen molar-refractivity contribution in [2.24, 2.45) is 5.73 Å². The molecule has 2 N–H and O–H groups in total. The predicted molar refractivity (Wildman–Crippen MR) is 71.7 cm³/mol. The highest BCUT2D eigenvalue weighted by atomic mass is 15.4. The van der Waals surface area contributed by atoms with Crippen molar-refractivity contribution in [2.75, 3.05) is 0 Å². The van der Waals surface area contributed by atoms with Crippen molar-refractivity contribution < 1.29 is 0 Å². The maximum absolute atomic E-state index is 5.77. The molecule has 6 nitrogen and oxygen atoms in total. The Morgan fingerprint density at radius 1 is 1.37 bits per heavy atom. The molecule has 1 unspecified atom stereocenters. The first-order valence-corrected chi connectivity index (χ1v) is 6.22. The lowest BCUT2D eigenvalue weighted by Crippen LogP contribution is -2.05. The van der Waals surface area contributed by atoms with E-state index in [4.69, 9.17) is 5.73 Å². The molecular formula is C13H16N6. The van der Waals surface area contributed by atoms with Crippen molar-refractivity contribution in [1.29, 1.82) is 0 Å². The summed E-state index contributed by atoms with van der Waals surface area (Å²) in [7, 11) is 0. The second-order valence-corrected chi connectivity index (χ2v) is 4.78. The van der Waals surface area contributed by atoms with Crippen LogP contribution in [0.15, 0.2) is 30.7 Å². The number of aromatic nitrogens is 5. The fraction of sp³-hybridized carbons (Fsp3) is 0.308. The summed E-state index contributed by atoms with van der Waals surface area (Å²) in [5.74, 6) is 0. The Labute approximate surface area is 110 Å². The topological polar surface area (TPSA) is 74.0 Å². The molecule has 0 aromatic carbocycles. The first kappa shape index (κ1) is 11.9. The van der Waals surface area contributed by atoms with Gasteiger partial charge < -0.3 is 10.1 Å². The van der Waals surface area contributed by atoms with Crippen LogP contribution in [0, 0.1) is 6.92 Å². The largest absolute Gasteiger partial charge is 0.323 e. The van der Waals surface area contributed by atoms with E-state index in [9.17, 15) is 0 Å². The van der Waals surface area contributed by atoms with Gasteiger partial charge in [0.1, 0.15) is 5.65 Å². The Morgan fingerprint density at radius 3 is 2.89 bits per heavy atom. The molecule has 98 valence electrons. The summed E-state index contributed by atoms with van der Waals surface area (Å²) < 4.78 is 3.78. The lowest BCUT2D eigenvalue weighted by molar-refractivity contribution is 0.640. The van der Waals surface area contributed by atoms with E-state index in [0.29, 0.717) is 6.54 Å². The molecule has 0 saturated carbocycles. The van der Waals surface area contributed by atoms with Gasteiger partial charge in [-0.25, -0.2) is 9.67 Å². The number of pyridine rings is 1. The Balaban J connectivity index is 1.90. The third kappa shape index (κ3) is 2.22. The fourth-order valence-corrected chi connectivity index (χ4v) is 2.05. The fourth-order valence-electron chi connectivity index (χ4n) is 2.05. The number of nitrogens with zero attached hydrogens (tertiary/aromatic N) is 5. The molecule has 3 heterocycles. The van der Waals surface area contributed by atoms with Crippen LogP contribution < -0.4 is 5.73 Å². The Kier molecular flexibility index (Phi) is 2.79. The zero-order valence-electron chi connectivity index (χ0n) is 11.0. The van der Waals surface area contributed by atoms with Crippen LogP contribution in [0.25, 0.3) is 5.65 Å². The van der Waals surface area contributed by atoms with E-state index in [-0.39, 0.29) is 6.04 Å². The molecule has 0 saturated heterocycles. The summed E-state index contributed by atoms with van der Waals surface area (Å²) in [4.78, 5) is 4.60. The number of fused-ring (bicyclic) bond motifs is 1. The van der Waals surface area contributed by atoms with Gasteiger partial charge in [0.25, 0.3) is 0 Å². The molecule has 19 heavy (non-hydrogen) atoms. The van der Waals surface area contributed by atoms with Gasteiger partial charge >= 0.3 is 0 Å². The average molecular weight is 256 g/mol. The van der Waals surface area contributed by atoms with Crippen molar-refractivity contribution in [3.05, 3.63) is 47.7 Å². The molecule has 1 atom stereocenters. The molecule has 0 aliphatic carbocycles. The number of rotatable bonds is 3. The van der Waals surface area contributed by atoms with Crippen LogP contribution in [0.5, 0.6) is 0 Å². The summed E-state index contributed by atoms with van der Waals surface area (Å²) in [5.41, 5.74) is 9.64. The van der Waals surface area contributed by atoms with Crippen molar-refractivity contribution >= 4 is 5.65 Å². The number of aryl methyl sites for hydroxylation is 1. The van der Waals surface area contributed by atoms with Crippen LogP contribution in [0.2, 0.25) is 0 Å². The Hall–Kier alpha value is -2.21. The van der Waals surface area contributed by atoms with E-state index in [1.165, 1.54) is 0 Å². The van der Waals surface area contributed by atoms with E-state index in [2.05, 4.69) is 28.3 Å². The van der Waals surface area contributed by atoms with Gasteiger partial charge in [-0.3, -0.25) is 0 Å². The summed E-state index contributed by atoms with van der Waals surface area (Å²) >= 11 is 0. The monoisotopic (exact) mass is 256 g/mol. The zero-order valence-corrected chi connectivity index (χ0v) is 11.0. The van der Waals surface area contributed by atoms with E-state index in [0.717, 1.165) is 22.6 Å². The second kappa shape index (κ2) is 4.47. The van der Waals surface area contributed by atoms with Crippen LogP contribution in [0.1, 0.15) is 29.9 Å². The van der Waals surface area contributed by atoms with E-state index >= 15 is 0 Å². The molecule has 3 aromatic heterocycles. The molecule has 0 fully saturated rings. The number of imidazole rings is 1. The van der Waals surface area contributed by atoms with Gasteiger partial charge in [-0.05, 0) is 25.5 Å². The van der Waals surface area contributed by atoms with Gasteiger partial charge in [0.15, 0.2) is 0 Å². The first-order valence-electron chi connectivity index (χ1n) is 6.22. The van der Waals surface area contributed by atoms with Gasteiger partial charge in [-0.1, -0.05) is 11.3 Å². The van der Waals surface area contributed by atoms with E-state index in [1.807, 2.05) is 36.0 Å². The van der Waals surface area contributed by atoms with Crippen molar-refractivity contribution in [1.82, 2.24) is 24.4 Å². The van der Waals surface area contributed by atoms with Crippen LogP contribution in [-0.4, -0.2) is 24.4 Å². The third-order valence-electron chi connectivity index (χ3n) is 3.07. The van der Waals surface area contributed by atoms with Gasteiger partial charge in [0.05, 0.1) is 24.1 Å². The normalized spacial score (nSPS) is 13.0.